The Morgan fingerprint density at radius 2 is 1.11 bits per heavy atom. The molecule has 0 saturated carbocycles. The fourth-order valence-corrected chi connectivity index (χ4v) is 4.17. The van der Waals surface area contributed by atoms with E-state index in [4.69, 9.17) is 0 Å². The van der Waals surface area contributed by atoms with Gasteiger partial charge in [0.15, 0.2) is 0 Å². The fraction of sp³-hybridized carbons (Fsp3) is 0.727. The molecule has 0 aliphatic carbocycles. The van der Waals surface area contributed by atoms with E-state index >= 15 is 0 Å². The van der Waals surface area contributed by atoms with E-state index in [-0.39, 0.29) is 0 Å². The van der Waals surface area contributed by atoms with E-state index < -0.39 is 10.3 Å². The molecule has 0 heterocycles. The van der Waals surface area contributed by atoms with Crippen molar-refractivity contribution in [1.82, 2.24) is 0 Å². The second-order valence-electron chi connectivity index (χ2n) is 7.48. The molecular weight excluding hydrogens is 358 g/mol. The Morgan fingerprint density at radius 1 is 0.704 bits per heavy atom. The third kappa shape index (κ3) is 12.1. The van der Waals surface area contributed by atoms with Gasteiger partial charge in [0.05, 0.1) is 5.69 Å². The second kappa shape index (κ2) is 14.9. The number of nitrogens with zero attached hydrogens (tertiary/aromatic N) is 1. The van der Waals surface area contributed by atoms with E-state index in [9.17, 15) is 13.0 Å². The van der Waals surface area contributed by atoms with Crippen LogP contribution >= 0.6 is 0 Å². The van der Waals surface area contributed by atoms with E-state index in [1.54, 1.807) is 24.3 Å². The predicted octanol–water partition coefficient (Wildman–Crippen LogP) is 6.78. The summed E-state index contributed by atoms with van der Waals surface area (Å²) in [6, 6.07) is 8.80. The van der Waals surface area contributed by atoms with Crippen molar-refractivity contribution in [3.8, 4) is 0 Å². The molecule has 5 heteroatoms. The Bertz CT molecular complexity index is 560. The molecule has 0 bridgehead atoms. The first kappa shape index (κ1) is 24.0. The highest BCUT2D eigenvalue weighted by Crippen LogP contribution is 2.18. The van der Waals surface area contributed by atoms with Crippen molar-refractivity contribution >= 4 is 16.0 Å². The number of rotatable bonds is 17. The molecule has 27 heavy (non-hydrogen) atoms. The van der Waals surface area contributed by atoms with Crippen LogP contribution in [0.25, 0.3) is 0 Å². The molecule has 0 spiro atoms. The predicted molar refractivity (Wildman–Crippen MR) is 116 cm³/mol. The van der Waals surface area contributed by atoms with E-state index in [2.05, 4.69) is 6.92 Å². The zero-order valence-electron chi connectivity index (χ0n) is 17.1. The van der Waals surface area contributed by atoms with Gasteiger partial charge in [-0.3, -0.25) is 4.55 Å². The van der Waals surface area contributed by atoms with Crippen LogP contribution in [0, 0.1) is 0 Å². The number of hydrogen-bond donors (Lipinski definition) is 1. The van der Waals surface area contributed by atoms with Gasteiger partial charge in [-0.15, -0.1) is 0 Å². The SMILES string of the molecule is CCCCCCCCCCCCCCCCN(c1ccccc1)S(=O)(=O)O. The highest BCUT2D eigenvalue weighted by Gasteiger charge is 2.18. The molecule has 0 amide bonds. The van der Waals surface area contributed by atoms with Gasteiger partial charge in [0.1, 0.15) is 0 Å². The van der Waals surface area contributed by atoms with Crippen LogP contribution in [0.15, 0.2) is 30.3 Å². The molecule has 0 aromatic heterocycles. The maximum atomic E-state index is 11.6. The van der Waals surface area contributed by atoms with Gasteiger partial charge in [0, 0.05) is 6.54 Å². The van der Waals surface area contributed by atoms with E-state index in [0.29, 0.717) is 12.2 Å². The Labute approximate surface area is 167 Å². The molecule has 1 aromatic carbocycles. The Kier molecular flexibility index (Phi) is 13.2. The Hall–Kier alpha value is -1.07. The molecular formula is C22H39NO3S. The quantitative estimate of drug-likeness (QED) is 0.233. The Morgan fingerprint density at radius 3 is 1.52 bits per heavy atom. The van der Waals surface area contributed by atoms with Gasteiger partial charge >= 0.3 is 10.3 Å². The summed E-state index contributed by atoms with van der Waals surface area (Å²) in [7, 11) is -4.20. The average Bonchev–Trinajstić information content (AvgIpc) is 2.64. The van der Waals surface area contributed by atoms with Gasteiger partial charge in [-0.05, 0) is 18.6 Å². The summed E-state index contributed by atoms with van der Waals surface area (Å²) in [5.41, 5.74) is 0.523. The molecule has 1 rings (SSSR count). The van der Waals surface area contributed by atoms with E-state index in [0.717, 1.165) is 23.6 Å². The standard InChI is InChI=1S/C22H39NO3S/c1-2-3-4-5-6-7-8-9-10-11-12-13-14-18-21-23(27(24,25)26)22-19-16-15-17-20-22/h15-17,19-20H,2-14,18,21H2,1H3,(H,24,25,26). The first-order chi connectivity index (χ1) is 13.1. The number of unbranched alkanes of at least 4 members (excludes halogenated alkanes) is 13. The normalized spacial score (nSPS) is 11.6. The number of anilines is 1. The molecule has 0 radical (unpaired) electrons. The smallest absolute Gasteiger partial charge is 0.269 e. The van der Waals surface area contributed by atoms with Gasteiger partial charge in [0.2, 0.25) is 0 Å². The summed E-state index contributed by atoms with van der Waals surface area (Å²) < 4.78 is 33.7. The topological polar surface area (TPSA) is 57.6 Å². The summed E-state index contributed by atoms with van der Waals surface area (Å²) in [5, 5.41) is 0. The summed E-state index contributed by atoms with van der Waals surface area (Å²) in [6.07, 6.45) is 17.7. The summed E-state index contributed by atoms with van der Waals surface area (Å²) >= 11 is 0. The lowest BCUT2D eigenvalue weighted by Crippen LogP contribution is -2.31. The third-order valence-corrected chi connectivity index (χ3v) is 5.99. The van der Waals surface area contributed by atoms with Crippen LogP contribution in [-0.2, 0) is 10.3 Å². The summed E-state index contributed by atoms with van der Waals surface area (Å²) in [5.74, 6) is 0. The van der Waals surface area contributed by atoms with Crippen molar-refractivity contribution in [2.24, 2.45) is 0 Å². The maximum absolute atomic E-state index is 11.6. The van der Waals surface area contributed by atoms with Gasteiger partial charge in [-0.2, -0.15) is 8.42 Å². The lowest BCUT2D eigenvalue weighted by Gasteiger charge is -2.20. The number of benzene rings is 1. The van der Waals surface area contributed by atoms with Crippen LogP contribution in [0.1, 0.15) is 96.8 Å². The van der Waals surface area contributed by atoms with Gasteiger partial charge < -0.3 is 0 Å². The van der Waals surface area contributed by atoms with Crippen molar-refractivity contribution in [3.63, 3.8) is 0 Å². The van der Waals surface area contributed by atoms with Crippen molar-refractivity contribution < 1.29 is 13.0 Å². The van der Waals surface area contributed by atoms with Crippen molar-refractivity contribution in [1.29, 1.82) is 0 Å². The van der Waals surface area contributed by atoms with Crippen LogP contribution in [-0.4, -0.2) is 19.5 Å². The van der Waals surface area contributed by atoms with Gasteiger partial charge in [0.25, 0.3) is 0 Å². The highest BCUT2D eigenvalue weighted by atomic mass is 32.2. The molecule has 1 N–H and O–H groups in total. The molecule has 0 atom stereocenters. The average molecular weight is 398 g/mol. The van der Waals surface area contributed by atoms with Crippen LogP contribution in [0.2, 0.25) is 0 Å². The minimum absolute atomic E-state index is 0.334. The van der Waals surface area contributed by atoms with Crippen LogP contribution in [0.4, 0.5) is 5.69 Å². The maximum Gasteiger partial charge on any atom is 0.359 e. The van der Waals surface area contributed by atoms with Crippen molar-refractivity contribution in [2.75, 3.05) is 10.8 Å². The molecule has 0 saturated heterocycles. The van der Waals surface area contributed by atoms with E-state index in [1.165, 1.54) is 70.6 Å². The minimum atomic E-state index is -4.20. The fourth-order valence-electron chi connectivity index (χ4n) is 3.42. The van der Waals surface area contributed by atoms with Crippen LogP contribution in [0.3, 0.4) is 0 Å². The second-order valence-corrected chi connectivity index (χ2v) is 8.82. The monoisotopic (exact) mass is 397 g/mol. The molecule has 0 aliphatic heterocycles. The lowest BCUT2D eigenvalue weighted by molar-refractivity contribution is 0.475. The largest absolute Gasteiger partial charge is 0.359 e. The number of hydrogen-bond acceptors (Lipinski definition) is 2. The molecule has 0 aliphatic rings. The molecule has 4 nitrogen and oxygen atoms in total. The number of para-hydroxylation sites is 1. The van der Waals surface area contributed by atoms with E-state index in [1.807, 2.05) is 6.07 Å². The Balaban J connectivity index is 2.01. The molecule has 156 valence electrons. The molecule has 1 aromatic rings. The van der Waals surface area contributed by atoms with Crippen LogP contribution < -0.4 is 4.31 Å². The highest BCUT2D eigenvalue weighted by molar-refractivity contribution is 7.87. The molecule has 0 unspecified atom stereocenters. The minimum Gasteiger partial charge on any atom is -0.269 e. The summed E-state index contributed by atoms with van der Waals surface area (Å²) in [6.45, 7) is 2.59. The lowest BCUT2D eigenvalue weighted by atomic mass is 10.0. The summed E-state index contributed by atoms with van der Waals surface area (Å²) in [4.78, 5) is 0. The van der Waals surface area contributed by atoms with Crippen molar-refractivity contribution in [3.05, 3.63) is 30.3 Å². The first-order valence-electron chi connectivity index (χ1n) is 10.9. The third-order valence-electron chi connectivity index (χ3n) is 5.04. The first-order valence-corrected chi connectivity index (χ1v) is 12.3. The van der Waals surface area contributed by atoms with Gasteiger partial charge in [-0.25, -0.2) is 4.31 Å². The zero-order chi connectivity index (χ0) is 19.8. The molecule has 0 fully saturated rings. The van der Waals surface area contributed by atoms with Crippen molar-refractivity contribution in [2.45, 2.75) is 96.8 Å². The zero-order valence-corrected chi connectivity index (χ0v) is 17.9. The van der Waals surface area contributed by atoms with Gasteiger partial charge in [-0.1, -0.05) is 109 Å². The van der Waals surface area contributed by atoms with Crippen LogP contribution in [0.5, 0.6) is 0 Å².